The minimum Gasteiger partial charge on any atom is -0.368 e. The fourth-order valence-electron chi connectivity index (χ4n) is 2.70. The van der Waals surface area contributed by atoms with E-state index in [1.54, 1.807) is 0 Å². The fourth-order valence-corrected chi connectivity index (χ4v) is 3.16. The monoisotopic (exact) mass is 400 g/mol. The van der Waals surface area contributed by atoms with E-state index >= 15 is 0 Å². The largest absolute Gasteiger partial charge is 0.368 e. The number of halogens is 3. The minimum atomic E-state index is -1.42. The van der Waals surface area contributed by atoms with Crippen molar-refractivity contribution in [2.75, 3.05) is 6.61 Å². The summed E-state index contributed by atoms with van der Waals surface area (Å²) >= 11 is 18.0. The summed E-state index contributed by atoms with van der Waals surface area (Å²) in [7, 11) is 0. The van der Waals surface area contributed by atoms with Gasteiger partial charge in [0, 0.05) is 12.0 Å². The molecule has 0 amide bonds. The predicted molar refractivity (Wildman–Crippen MR) is 99.9 cm³/mol. The molecule has 0 unspecified atom stereocenters. The predicted octanol–water partition coefficient (Wildman–Crippen LogP) is 5.45. The highest BCUT2D eigenvalue weighted by Gasteiger charge is 2.38. The summed E-state index contributed by atoms with van der Waals surface area (Å²) in [4.78, 5) is 0. The molecule has 1 heterocycles. The van der Waals surface area contributed by atoms with E-state index in [2.05, 4.69) is 0 Å². The van der Waals surface area contributed by atoms with Crippen LogP contribution in [-0.4, -0.2) is 22.6 Å². The molecule has 25 heavy (non-hydrogen) atoms. The molecule has 0 saturated carbocycles. The van der Waals surface area contributed by atoms with E-state index in [1.807, 2.05) is 60.7 Å². The average Bonchev–Trinajstić information content (AvgIpc) is 2.61. The van der Waals surface area contributed by atoms with E-state index in [-0.39, 0.29) is 18.6 Å². The van der Waals surface area contributed by atoms with Crippen LogP contribution < -0.4 is 0 Å². The Balaban J connectivity index is 1.67. The van der Waals surface area contributed by atoms with Crippen molar-refractivity contribution in [2.24, 2.45) is 0 Å². The van der Waals surface area contributed by atoms with Crippen molar-refractivity contribution in [1.82, 2.24) is 0 Å². The Morgan fingerprint density at radius 1 is 0.960 bits per heavy atom. The van der Waals surface area contributed by atoms with Crippen molar-refractivity contribution in [3.05, 3.63) is 71.8 Å². The highest BCUT2D eigenvalue weighted by molar-refractivity contribution is 6.67. The van der Waals surface area contributed by atoms with E-state index in [9.17, 15) is 0 Å². The maximum absolute atomic E-state index is 6.05. The Morgan fingerprint density at radius 2 is 1.60 bits per heavy atom. The Labute approximate surface area is 162 Å². The Morgan fingerprint density at radius 3 is 2.24 bits per heavy atom. The zero-order valence-corrected chi connectivity index (χ0v) is 15.8. The average molecular weight is 402 g/mol. The van der Waals surface area contributed by atoms with E-state index in [4.69, 9.17) is 49.0 Å². The molecular formula is C19H19Cl3O3. The molecule has 0 spiro atoms. The van der Waals surface area contributed by atoms with E-state index in [0.717, 1.165) is 11.1 Å². The second-order valence-corrected chi connectivity index (χ2v) is 8.42. The summed E-state index contributed by atoms with van der Waals surface area (Å²) in [5.41, 5.74) is 2.00. The maximum atomic E-state index is 6.05. The molecule has 3 rings (SSSR count). The molecule has 0 aliphatic carbocycles. The van der Waals surface area contributed by atoms with Crippen molar-refractivity contribution < 1.29 is 14.2 Å². The van der Waals surface area contributed by atoms with Gasteiger partial charge in [0.15, 0.2) is 10.1 Å². The number of hydrogen-bond donors (Lipinski definition) is 0. The summed E-state index contributed by atoms with van der Waals surface area (Å²) in [6, 6.07) is 19.6. The van der Waals surface area contributed by atoms with Crippen molar-refractivity contribution in [3.8, 4) is 0 Å². The minimum absolute atomic E-state index is 0.226. The zero-order chi connectivity index (χ0) is 17.7. The number of hydrogen-bond acceptors (Lipinski definition) is 3. The van der Waals surface area contributed by atoms with Crippen LogP contribution in [0.1, 0.15) is 23.8 Å². The molecule has 0 bridgehead atoms. The third-order valence-corrected chi connectivity index (χ3v) is 4.40. The van der Waals surface area contributed by atoms with Gasteiger partial charge in [-0.2, -0.15) is 0 Å². The lowest BCUT2D eigenvalue weighted by Gasteiger charge is -2.37. The van der Waals surface area contributed by atoms with Gasteiger partial charge in [-0.1, -0.05) is 95.5 Å². The standard InChI is InChI=1S/C19H19Cl3O3/c20-19(21,22)11-16-17(23-12-14-7-3-1-4-8-14)13-24-18(25-16)15-9-5-2-6-10-15/h1-10,16-18H,11-13H2/t16-,17-,18+/m1/s1. The lowest BCUT2D eigenvalue weighted by atomic mass is 10.1. The van der Waals surface area contributed by atoms with Gasteiger partial charge in [-0.3, -0.25) is 0 Å². The fraction of sp³-hybridized carbons (Fsp3) is 0.368. The molecule has 134 valence electrons. The molecule has 0 radical (unpaired) electrons. The SMILES string of the molecule is ClC(Cl)(Cl)C[C@H]1O[C@@H](c2ccccc2)OC[C@H]1OCc1ccccc1. The first-order chi connectivity index (χ1) is 12.0. The normalized spacial score (nSPS) is 24.2. The van der Waals surface area contributed by atoms with E-state index < -0.39 is 10.1 Å². The van der Waals surface area contributed by atoms with Gasteiger partial charge in [0.25, 0.3) is 0 Å². The van der Waals surface area contributed by atoms with Crippen LogP contribution in [0.3, 0.4) is 0 Å². The maximum Gasteiger partial charge on any atom is 0.193 e. The third-order valence-electron chi connectivity index (χ3n) is 3.94. The van der Waals surface area contributed by atoms with Gasteiger partial charge >= 0.3 is 0 Å². The van der Waals surface area contributed by atoms with Gasteiger partial charge < -0.3 is 14.2 Å². The third kappa shape index (κ3) is 5.85. The first-order valence-corrected chi connectivity index (χ1v) is 9.19. The second kappa shape index (κ2) is 8.72. The van der Waals surface area contributed by atoms with Crippen LogP contribution in [0.15, 0.2) is 60.7 Å². The molecule has 0 N–H and O–H groups in total. The molecule has 1 aliphatic heterocycles. The van der Waals surface area contributed by atoms with Crippen LogP contribution in [0.5, 0.6) is 0 Å². The smallest absolute Gasteiger partial charge is 0.193 e. The quantitative estimate of drug-likeness (QED) is 0.624. The summed E-state index contributed by atoms with van der Waals surface area (Å²) in [6.45, 7) is 0.822. The highest BCUT2D eigenvalue weighted by Crippen LogP contribution is 2.38. The molecule has 2 aromatic carbocycles. The van der Waals surface area contributed by atoms with Crippen molar-refractivity contribution >= 4 is 34.8 Å². The van der Waals surface area contributed by atoms with Crippen molar-refractivity contribution in [3.63, 3.8) is 0 Å². The Hall–Kier alpha value is -0.810. The molecule has 1 aliphatic rings. The van der Waals surface area contributed by atoms with Crippen LogP contribution in [0.25, 0.3) is 0 Å². The zero-order valence-electron chi connectivity index (χ0n) is 13.5. The highest BCUT2D eigenvalue weighted by atomic mass is 35.6. The number of benzene rings is 2. The Kier molecular flexibility index (Phi) is 6.61. The lowest BCUT2D eigenvalue weighted by Crippen LogP contribution is -2.44. The van der Waals surface area contributed by atoms with E-state index in [0.29, 0.717) is 13.2 Å². The van der Waals surface area contributed by atoms with Gasteiger partial charge in [-0.25, -0.2) is 0 Å². The lowest BCUT2D eigenvalue weighted by molar-refractivity contribution is -0.268. The number of alkyl halides is 3. The first kappa shape index (κ1) is 19.0. The van der Waals surface area contributed by atoms with Gasteiger partial charge in [0.2, 0.25) is 0 Å². The Bertz CT molecular complexity index is 646. The van der Waals surface area contributed by atoms with Crippen LogP contribution in [0.4, 0.5) is 0 Å². The molecule has 3 nitrogen and oxygen atoms in total. The van der Waals surface area contributed by atoms with Crippen molar-refractivity contribution in [1.29, 1.82) is 0 Å². The molecule has 6 heteroatoms. The van der Waals surface area contributed by atoms with Gasteiger partial charge in [0.05, 0.1) is 19.3 Å². The van der Waals surface area contributed by atoms with Crippen LogP contribution >= 0.6 is 34.8 Å². The summed E-state index contributed by atoms with van der Waals surface area (Å²) in [5, 5.41) is 0. The summed E-state index contributed by atoms with van der Waals surface area (Å²) in [6.07, 6.45) is -0.954. The van der Waals surface area contributed by atoms with Gasteiger partial charge in [0.1, 0.15) is 6.10 Å². The summed E-state index contributed by atoms with van der Waals surface area (Å²) < 4.78 is 16.4. The van der Waals surface area contributed by atoms with Gasteiger partial charge in [-0.15, -0.1) is 0 Å². The molecule has 0 aromatic heterocycles. The topological polar surface area (TPSA) is 27.7 Å². The van der Waals surface area contributed by atoms with Gasteiger partial charge in [-0.05, 0) is 5.56 Å². The van der Waals surface area contributed by atoms with Crippen LogP contribution in [-0.2, 0) is 20.8 Å². The molecule has 1 saturated heterocycles. The van der Waals surface area contributed by atoms with Crippen LogP contribution in [0.2, 0.25) is 0 Å². The number of rotatable bonds is 5. The molecule has 1 fully saturated rings. The number of ether oxygens (including phenoxy) is 3. The van der Waals surface area contributed by atoms with Crippen LogP contribution in [0, 0.1) is 0 Å². The second-order valence-electron chi connectivity index (χ2n) is 5.90. The van der Waals surface area contributed by atoms with Crippen molar-refractivity contribution in [2.45, 2.75) is 35.3 Å². The van der Waals surface area contributed by atoms with E-state index in [1.165, 1.54) is 0 Å². The molecular weight excluding hydrogens is 383 g/mol. The summed E-state index contributed by atoms with van der Waals surface area (Å²) in [5.74, 6) is 0. The first-order valence-electron chi connectivity index (χ1n) is 8.05. The molecule has 3 atom stereocenters. The molecule has 2 aromatic rings.